The Morgan fingerprint density at radius 1 is 1.10 bits per heavy atom. The van der Waals surface area contributed by atoms with Gasteiger partial charge >= 0.3 is 0 Å². The second-order valence-electron chi connectivity index (χ2n) is 5.82. The summed E-state index contributed by atoms with van der Waals surface area (Å²) in [6.07, 6.45) is 8.99. The fourth-order valence-corrected chi connectivity index (χ4v) is 2.30. The van der Waals surface area contributed by atoms with E-state index in [0.717, 1.165) is 6.42 Å². The monoisotopic (exact) mass is 290 g/mol. The Labute approximate surface area is 129 Å². The van der Waals surface area contributed by atoms with Crippen LogP contribution >= 0.6 is 0 Å². The molecule has 1 rings (SSSR count). The number of amides is 1. The molecule has 0 aliphatic carbocycles. The van der Waals surface area contributed by atoms with E-state index in [4.69, 9.17) is 5.73 Å². The van der Waals surface area contributed by atoms with Crippen LogP contribution in [0.4, 0.5) is 0 Å². The van der Waals surface area contributed by atoms with Crippen molar-refractivity contribution in [3.63, 3.8) is 0 Å². The molecule has 0 aliphatic rings. The van der Waals surface area contributed by atoms with Crippen LogP contribution in [0.25, 0.3) is 0 Å². The van der Waals surface area contributed by atoms with Crippen LogP contribution in [0.2, 0.25) is 0 Å². The zero-order chi connectivity index (χ0) is 15.5. The Bertz CT molecular complexity index is 400. The lowest BCUT2D eigenvalue weighted by Crippen LogP contribution is -2.37. The molecule has 21 heavy (non-hydrogen) atoms. The van der Waals surface area contributed by atoms with Crippen molar-refractivity contribution < 1.29 is 4.79 Å². The predicted molar refractivity (Wildman–Crippen MR) is 89.5 cm³/mol. The molecule has 3 nitrogen and oxygen atoms in total. The van der Waals surface area contributed by atoms with Crippen molar-refractivity contribution in [3.8, 4) is 0 Å². The molecule has 0 aromatic heterocycles. The van der Waals surface area contributed by atoms with Crippen molar-refractivity contribution in [1.29, 1.82) is 0 Å². The minimum Gasteiger partial charge on any atom is -0.348 e. The molecular weight excluding hydrogens is 260 g/mol. The largest absolute Gasteiger partial charge is 0.348 e. The highest BCUT2D eigenvalue weighted by atomic mass is 16.1. The molecule has 118 valence electrons. The molecule has 0 saturated heterocycles. The maximum absolute atomic E-state index is 11.9. The van der Waals surface area contributed by atoms with Gasteiger partial charge in [0.05, 0.1) is 0 Å². The Morgan fingerprint density at radius 2 is 1.71 bits per heavy atom. The fourth-order valence-electron chi connectivity index (χ4n) is 2.30. The highest BCUT2D eigenvalue weighted by Gasteiger charge is 2.08. The Balaban J connectivity index is 2.31. The molecule has 0 bridgehead atoms. The number of carbonyl (C=O) groups excluding carboxylic acids is 1. The van der Waals surface area contributed by atoms with Crippen LogP contribution in [0.3, 0.4) is 0 Å². The number of rotatable bonds is 10. The number of carbonyl (C=O) groups is 1. The second kappa shape index (κ2) is 10.4. The van der Waals surface area contributed by atoms with Gasteiger partial charge in [0.2, 0.25) is 0 Å². The molecule has 0 saturated carbocycles. The first kappa shape index (κ1) is 17.7. The Morgan fingerprint density at radius 3 is 2.33 bits per heavy atom. The topological polar surface area (TPSA) is 55.1 Å². The van der Waals surface area contributed by atoms with Crippen LogP contribution in [-0.4, -0.2) is 18.5 Å². The van der Waals surface area contributed by atoms with Crippen LogP contribution in [0.15, 0.2) is 24.3 Å². The van der Waals surface area contributed by atoms with Crippen LogP contribution < -0.4 is 11.1 Å². The van der Waals surface area contributed by atoms with Crippen molar-refractivity contribution in [2.75, 3.05) is 6.54 Å². The summed E-state index contributed by atoms with van der Waals surface area (Å²) in [6.45, 7) is 4.61. The van der Waals surface area contributed by atoms with E-state index in [1.54, 1.807) is 0 Å². The highest BCUT2D eigenvalue weighted by molar-refractivity contribution is 5.94. The number of hydrogen-bond donors (Lipinski definition) is 2. The lowest BCUT2D eigenvalue weighted by molar-refractivity contribution is 0.0941. The van der Waals surface area contributed by atoms with Gasteiger partial charge in [0, 0.05) is 18.2 Å². The molecule has 0 radical (unpaired) electrons. The SMILES string of the molecule is CCCCCCCCc1ccc(C(=O)N[C@@H](C)CN)cc1. The maximum Gasteiger partial charge on any atom is 0.251 e. The van der Waals surface area contributed by atoms with E-state index in [2.05, 4.69) is 24.4 Å². The average Bonchev–Trinajstić information content (AvgIpc) is 2.51. The van der Waals surface area contributed by atoms with E-state index in [-0.39, 0.29) is 11.9 Å². The molecule has 1 atom stereocenters. The first-order chi connectivity index (χ1) is 10.2. The van der Waals surface area contributed by atoms with Gasteiger partial charge in [-0.05, 0) is 37.5 Å². The molecular formula is C18H30N2O. The van der Waals surface area contributed by atoms with Crippen molar-refractivity contribution >= 4 is 5.91 Å². The highest BCUT2D eigenvalue weighted by Crippen LogP contribution is 2.11. The van der Waals surface area contributed by atoms with Gasteiger partial charge in [0.25, 0.3) is 5.91 Å². The molecule has 0 spiro atoms. The number of benzene rings is 1. The lowest BCUT2D eigenvalue weighted by Gasteiger charge is -2.11. The van der Waals surface area contributed by atoms with Gasteiger partial charge < -0.3 is 11.1 Å². The number of nitrogens with one attached hydrogen (secondary N) is 1. The van der Waals surface area contributed by atoms with Gasteiger partial charge in [0.1, 0.15) is 0 Å². The minimum absolute atomic E-state index is 0.0142. The van der Waals surface area contributed by atoms with Gasteiger partial charge in [-0.1, -0.05) is 51.2 Å². The summed E-state index contributed by atoms with van der Waals surface area (Å²) in [5.41, 5.74) is 7.53. The Kier molecular flexibility index (Phi) is 8.76. The van der Waals surface area contributed by atoms with Crippen LogP contribution in [-0.2, 0) is 6.42 Å². The second-order valence-corrected chi connectivity index (χ2v) is 5.82. The molecule has 1 amide bonds. The van der Waals surface area contributed by atoms with Gasteiger partial charge in [-0.2, -0.15) is 0 Å². The standard InChI is InChI=1S/C18H30N2O/c1-3-4-5-6-7-8-9-16-10-12-17(13-11-16)18(21)20-15(2)14-19/h10-13,15H,3-9,14,19H2,1-2H3,(H,20,21)/t15-/m0/s1. The summed E-state index contributed by atoms with van der Waals surface area (Å²) < 4.78 is 0. The number of nitrogens with two attached hydrogens (primary N) is 1. The van der Waals surface area contributed by atoms with Crippen molar-refractivity contribution in [2.45, 2.75) is 64.8 Å². The number of aryl methyl sites for hydroxylation is 1. The zero-order valence-electron chi connectivity index (χ0n) is 13.5. The van der Waals surface area contributed by atoms with Crippen molar-refractivity contribution in [1.82, 2.24) is 5.32 Å². The molecule has 1 aromatic rings. The maximum atomic E-state index is 11.9. The third-order valence-electron chi connectivity index (χ3n) is 3.77. The number of hydrogen-bond acceptors (Lipinski definition) is 2. The van der Waals surface area contributed by atoms with Crippen molar-refractivity contribution in [2.24, 2.45) is 5.73 Å². The van der Waals surface area contributed by atoms with E-state index in [0.29, 0.717) is 12.1 Å². The third kappa shape index (κ3) is 7.28. The van der Waals surface area contributed by atoms with Crippen LogP contribution in [0.1, 0.15) is 68.3 Å². The molecule has 0 heterocycles. The predicted octanol–water partition coefficient (Wildman–Crippen LogP) is 3.67. The molecule has 3 heteroatoms. The quantitative estimate of drug-likeness (QED) is 0.646. The normalized spacial score (nSPS) is 12.1. The zero-order valence-corrected chi connectivity index (χ0v) is 13.5. The first-order valence-electron chi connectivity index (χ1n) is 8.27. The van der Waals surface area contributed by atoms with Crippen LogP contribution in [0.5, 0.6) is 0 Å². The summed E-state index contributed by atoms with van der Waals surface area (Å²) in [5.74, 6) is -0.0425. The molecule has 3 N–H and O–H groups in total. The smallest absolute Gasteiger partial charge is 0.251 e. The summed E-state index contributed by atoms with van der Waals surface area (Å²) >= 11 is 0. The minimum atomic E-state index is -0.0425. The summed E-state index contributed by atoms with van der Waals surface area (Å²) in [4.78, 5) is 11.9. The van der Waals surface area contributed by atoms with Crippen LogP contribution in [0, 0.1) is 0 Å². The first-order valence-corrected chi connectivity index (χ1v) is 8.27. The average molecular weight is 290 g/mol. The van der Waals surface area contributed by atoms with Crippen molar-refractivity contribution in [3.05, 3.63) is 35.4 Å². The van der Waals surface area contributed by atoms with E-state index in [1.807, 2.05) is 19.1 Å². The van der Waals surface area contributed by atoms with Gasteiger partial charge in [0.15, 0.2) is 0 Å². The van der Waals surface area contributed by atoms with E-state index in [1.165, 1.54) is 44.1 Å². The van der Waals surface area contributed by atoms with Gasteiger partial charge in [-0.3, -0.25) is 4.79 Å². The summed E-state index contributed by atoms with van der Waals surface area (Å²) in [5, 5.41) is 2.87. The molecule has 1 aromatic carbocycles. The molecule has 0 unspecified atom stereocenters. The summed E-state index contributed by atoms with van der Waals surface area (Å²) in [7, 11) is 0. The third-order valence-corrected chi connectivity index (χ3v) is 3.77. The van der Waals surface area contributed by atoms with E-state index < -0.39 is 0 Å². The number of unbranched alkanes of at least 4 members (excludes halogenated alkanes) is 5. The molecule has 0 fully saturated rings. The van der Waals surface area contributed by atoms with E-state index >= 15 is 0 Å². The molecule has 0 aliphatic heterocycles. The lowest BCUT2D eigenvalue weighted by atomic mass is 10.0. The van der Waals surface area contributed by atoms with Gasteiger partial charge in [-0.15, -0.1) is 0 Å². The van der Waals surface area contributed by atoms with E-state index in [9.17, 15) is 4.79 Å². The van der Waals surface area contributed by atoms with Gasteiger partial charge in [-0.25, -0.2) is 0 Å². The Hall–Kier alpha value is -1.35. The summed E-state index contributed by atoms with van der Waals surface area (Å²) in [6, 6.07) is 7.96. The fraction of sp³-hybridized carbons (Fsp3) is 0.611.